The summed E-state index contributed by atoms with van der Waals surface area (Å²) in [5, 5.41) is 12.0. The minimum atomic E-state index is -0.100. The summed E-state index contributed by atoms with van der Waals surface area (Å²) in [7, 11) is 4.68. The zero-order chi connectivity index (χ0) is 20.6. The third-order valence-electron chi connectivity index (χ3n) is 4.01. The Hall–Kier alpha value is -3.26. The summed E-state index contributed by atoms with van der Waals surface area (Å²) < 4.78 is 16.1. The van der Waals surface area contributed by atoms with Crippen LogP contribution in [0.4, 0.5) is 5.69 Å². The highest BCUT2D eigenvalue weighted by Crippen LogP contribution is 2.40. The molecular formula is C21H21N3O4S. The minimum Gasteiger partial charge on any atom is -0.493 e. The van der Waals surface area contributed by atoms with E-state index in [-0.39, 0.29) is 11.7 Å². The molecule has 2 aromatic carbocycles. The van der Waals surface area contributed by atoms with Crippen LogP contribution in [0.15, 0.2) is 59.6 Å². The molecule has 1 aromatic heterocycles. The Bertz CT molecular complexity index is 940. The second-order valence-electron chi connectivity index (χ2n) is 5.87. The smallest absolute Gasteiger partial charge is 0.234 e. The topological polar surface area (TPSA) is 82.6 Å². The van der Waals surface area contributed by atoms with Crippen LogP contribution in [0.5, 0.6) is 17.2 Å². The predicted octanol–water partition coefficient (Wildman–Crippen LogP) is 3.90. The average molecular weight is 411 g/mol. The fourth-order valence-electron chi connectivity index (χ4n) is 2.64. The number of nitrogens with zero attached hydrogens (tertiary/aromatic N) is 2. The van der Waals surface area contributed by atoms with Crippen molar-refractivity contribution in [3.8, 4) is 28.5 Å². The van der Waals surface area contributed by atoms with E-state index in [9.17, 15) is 4.79 Å². The van der Waals surface area contributed by atoms with E-state index in [4.69, 9.17) is 14.2 Å². The van der Waals surface area contributed by atoms with Crippen molar-refractivity contribution in [3.05, 3.63) is 54.6 Å². The molecule has 0 bridgehead atoms. The number of hydrogen-bond acceptors (Lipinski definition) is 7. The van der Waals surface area contributed by atoms with Gasteiger partial charge in [-0.2, -0.15) is 0 Å². The number of aromatic nitrogens is 2. The molecule has 0 saturated heterocycles. The quantitative estimate of drug-likeness (QED) is 0.563. The van der Waals surface area contributed by atoms with Crippen molar-refractivity contribution in [1.82, 2.24) is 10.2 Å². The molecule has 0 fully saturated rings. The number of methoxy groups -OCH3 is 3. The Morgan fingerprint density at radius 3 is 2.17 bits per heavy atom. The highest BCUT2D eigenvalue weighted by atomic mass is 32.2. The lowest BCUT2D eigenvalue weighted by atomic mass is 10.1. The van der Waals surface area contributed by atoms with Gasteiger partial charge in [0.25, 0.3) is 0 Å². The van der Waals surface area contributed by atoms with Crippen molar-refractivity contribution in [3.63, 3.8) is 0 Å². The van der Waals surface area contributed by atoms with Crippen LogP contribution in [0.25, 0.3) is 11.3 Å². The molecule has 0 aliphatic heterocycles. The molecule has 3 aromatic rings. The van der Waals surface area contributed by atoms with Crippen LogP contribution < -0.4 is 19.5 Å². The number of thioether (sulfide) groups is 1. The normalized spacial score (nSPS) is 10.3. The van der Waals surface area contributed by atoms with E-state index < -0.39 is 0 Å². The fraction of sp³-hybridized carbons (Fsp3) is 0.190. The van der Waals surface area contributed by atoms with Gasteiger partial charge in [-0.15, -0.1) is 10.2 Å². The number of rotatable bonds is 8. The molecule has 0 saturated carbocycles. The first kappa shape index (κ1) is 20.5. The van der Waals surface area contributed by atoms with Crippen LogP contribution in [-0.4, -0.2) is 43.2 Å². The Morgan fingerprint density at radius 2 is 1.62 bits per heavy atom. The molecule has 8 heteroatoms. The van der Waals surface area contributed by atoms with Gasteiger partial charge in [-0.3, -0.25) is 4.79 Å². The molecule has 0 atom stereocenters. The van der Waals surface area contributed by atoms with Crippen molar-refractivity contribution >= 4 is 23.4 Å². The number of nitrogens with one attached hydrogen (secondary N) is 1. The highest BCUT2D eigenvalue weighted by molar-refractivity contribution is 7.99. The summed E-state index contributed by atoms with van der Waals surface area (Å²) in [5.74, 6) is 1.74. The zero-order valence-electron chi connectivity index (χ0n) is 16.3. The van der Waals surface area contributed by atoms with Crippen LogP contribution in [0.2, 0.25) is 0 Å². The van der Waals surface area contributed by atoms with Gasteiger partial charge in [0.2, 0.25) is 11.7 Å². The number of anilines is 1. The number of ether oxygens (including phenoxy) is 3. The standard InChI is InChI=1S/C21H21N3O4S/c1-26-17-11-14(12-18(27-2)21(17)28-3)16-9-10-20(24-23-16)29-13-19(25)22-15-7-5-4-6-8-15/h4-12H,13H2,1-3H3,(H,22,25). The summed E-state index contributed by atoms with van der Waals surface area (Å²) in [6.07, 6.45) is 0. The summed E-state index contributed by atoms with van der Waals surface area (Å²) >= 11 is 1.32. The van der Waals surface area contributed by atoms with Crippen molar-refractivity contribution < 1.29 is 19.0 Å². The van der Waals surface area contributed by atoms with E-state index in [0.717, 1.165) is 11.3 Å². The monoisotopic (exact) mass is 411 g/mol. The minimum absolute atomic E-state index is 0.100. The van der Waals surface area contributed by atoms with E-state index >= 15 is 0 Å². The van der Waals surface area contributed by atoms with Gasteiger partial charge in [-0.1, -0.05) is 30.0 Å². The van der Waals surface area contributed by atoms with Gasteiger partial charge < -0.3 is 19.5 Å². The lowest BCUT2D eigenvalue weighted by Gasteiger charge is -2.13. The lowest BCUT2D eigenvalue weighted by molar-refractivity contribution is -0.113. The molecule has 1 heterocycles. The van der Waals surface area contributed by atoms with Gasteiger partial charge in [-0.25, -0.2) is 0 Å². The van der Waals surface area contributed by atoms with Crippen LogP contribution in [0, 0.1) is 0 Å². The molecule has 29 heavy (non-hydrogen) atoms. The Kier molecular flexibility index (Phi) is 6.91. The largest absolute Gasteiger partial charge is 0.493 e. The molecule has 0 radical (unpaired) electrons. The second-order valence-corrected chi connectivity index (χ2v) is 6.87. The van der Waals surface area contributed by atoms with Gasteiger partial charge in [0.1, 0.15) is 5.03 Å². The molecule has 0 unspecified atom stereocenters. The summed E-state index contributed by atoms with van der Waals surface area (Å²) in [6.45, 7) is 0. The molecule has 0 aliphatic carbocycles. The first-order valence-electron chi connectivity index (χ1n) is 8.76. The van der Waals surface area contributed by atoms with Gasteiger partial charge in [-0.05, 0) is 36.4 Å². The third-order valence-corrected chi connectivity index (χ3v) is 4.93. The molecule has 150 valence electrons. The maximum absolute atomic E-state index is 12.1. The van der Waals surface area contributed by atoms with Crippen molar-refractivity contribution in [2.24, 2.45) is 0 Å². The van der Waals surface area contributed by atoms with Crippen molar-refractivity contribution in [2.45, 2.75) is 5.03 Å². The molecular weight excluding hydrogens is 390 g/mol. The number of amides is 1. The molecule has 3 rings (SSSR count). The highest BCUT2D eigenvalue weighted by Gasteiger charge is 2.15. The molecule has 0 aliphatic rings. The van der Waals surface area contributed by atoms with Gasteiger partial charge in [0, 0.05) is 11.3 Å². The third kappa shape index (κ3) is 5.17. The Labute approximate surface area is 173 Å². The maximum atomic E-state index is 12.1. The molecule has 1 amide bonds. The summed E-state index contributed by atoms with van der Waals surface area (Å²) in [6, 6.07) is 16.6. The van der Waals surface area contributed by atoms with E-state index in [1.54, 1.807) is 21.3 Å². The lowest BCUT2D eigenvalue weighted by Crippen LogP contribution is -2.13. The zero-order valence-corrected chi connectivity index (χ0v) is 17.2. The van der Waals surface area contributed by atoms with E-state index in [0.29, 0.717) is 28.0 Å². The van der Waals surface area contributed by atoms with E-state index in [1.165, 1.54) is 11.8 Å². The van der Waals surface area contributed by atoms with E-state index in [1.807, 2.05) is 54.6 Å². The molecule has 7 nitrogen and oxygen atoms in total. The van der Waals surface area contributed by atoms with Crippen LogP contribution >= 0.6 is 11.8 Å². The van der Waals surface area contributed by atoms with Gasteiger partial charge in [0.05, 0.1) is 32.8 Å². The van der Waals surface area contributed by atoms with Crippen LogP contribution in [0.3, 0.4) is 0 Å². The van der Waals surface area contributed by atoms with E-state index in [2.05, 4.69) is 15.5 Å². The number of hydrogen-bond donors (Lipinski definition) is 1. The van der Waals surface area contributed by atoms with Crippen molar-refractivity contribution in [2.75, 3.05) is 32.4 Å². The second kappa shape index (κ2) is 9.79. The fourth-order valence-corrected chi connectivity index (χ4v) is 3.25. The number of para-hydroxylation sites is 1. The van der Waals surface area contributed by atoms with Gasteiger partial charge >= 0.3 is 0 Å². The number of carbonyl (C=O) groups excluding carboxylic acids is 1. The number of carbonyl (C=O) groups is 1. The van der Waals surface area contributed by atoms with Crippen molar-refractivity contribution in [1.29, 1.82) is 0 Å². The first-order chi connectivity index (χ1) is 14.1. The Morgan fingerprint density at radius 1 is 0.931 bits per heavy atom. The van der Waals surface area contributed by atoms with Crippen LogP contribution in [-0.2, 0) is 4.79 Å². The van der Waals surface area contributed by atoms with Crippen LogP contribution in [0.1, 0.15) is 0 Å². The predicted molar refractivity (Wildman–Crippen MR) is 113 cm³/mol. The van der Waals surface area contributed by atoms with Gasteiger partial charge in [0.15, 0.2) is 11.5 Å². The SMILES string of the molecule is COc1cc(-c2ccc(SCC(=O)Nc3ccccc3)nn2)cc(OC)c1OC. The molecule has 1 N–H and O–H groups in total. The Balaban J connectivity index is 1.68. The number of benzene rings is 2. The first-order valence-corrected chi connectivity index (χ1v) is 9.75. The maximum Gasteiger partial charge on any atom is 0.234 e. The molecule has 0 spiro atoms. The summed E-state index contributed by atoms with van der Waals surface area (Å²) in [4.78, 5) is 12.1. The summed E-state index contributed by atoms with van der Waals surface area (Å²) in [5.41, 5.74) is 2.20. The average Bonchev–Trinajstić information content (AvgIpc) is 2.77.